The summed E-state index contributed by atoms with van der Waals surface area (Å²) < 4.78 is 5.51. The number of nitrogens with two attached hydrogens (primary N) is 1. The van der Waals surface area contributed by atoms with Gasteiger partial charge in [0.1, 0.15) is 0 Å². The molecule has 124 valence electrons. The topological polar surface area (TPSA) is 85.4 Å². The van der Waals surface area contributed by atoms with Crippen molar-refractivity contribution in [2.75, 3.05) is 12.8 Å². The predicted molar refractivity (Wildman–Crippen MR) is 96.2 cm³/mol. The highest BCUT2D eigenvalue weighted by molar-refractivity contribution is 7.22. The highest BCUT2D eigenvalue weighted by Gasteiger charge is 2.26. The fourth-order valence-corrected chi connectivity index (χ4v) is 3.73. The number of nitrogen functional groups attached to an aromatic ring is 1. The number of aryl methyl sites for hydroxylation is 1. The molecule has 3 N–H and O–H groups in total. The normalized spacial score (nSPS) is 12.3. The number of ether oxygens (including phenoxy) is 1. The number of hydrogen-bond acceptors (Lipinski definition) is 6. The molecule has 0 bridgehead atoms. The predicted octanol–water partition coefficient (Wildman–Crippen LogP) is 3.71. The van der Waals surface area contributed by atoms with Gasteiger partial charge in [0.05, 0.1) is 17.3 Å². The summed E-state index contributed by atoms with van der Waals surface area (Å²) in [4.78, 5) is 16.2. The fourth-order valence-electron chi connectivity index (χ4n) is 2.71. The second-order valence-electron chi connectivity index (χ2n) is 5.32. The lowest BCUT2D eigenvalue weighted by molar-refractivity contribution is -0.150. The minimum absolute atomic E-state index is 0.421. The van der Waals surface area contributed by atoms with E-state index in [9.17, 15) is 9.90 Å². The first-order valence-corrected chi connectivity index (χ1v) is 8.33. The van der Waals surface area contributed by atoms with E-state index in [4.69, 9.17) is 22.1 Å². The SMILES string of the molecule is COC(=O)[C@@H](O)c1c(C)cc2nc(N)sc2c1-c1ccc(Cl)cc1. The Bertz CT molecular complexity index is 922. The summed E-state index contributed by atoms with van der Waals surface area (Å²) in [5.41, 5.74) is 9.33. The summed E-state index contributed by atoms with van der Waals surface area (Å²) in [7, 11) is 1.24. The van der Waals surface area contributed by atoms with E-state index < -0.39 is 12.1 Å². The quantitative estimate of drug-likeness (QED) is 0.693. The molecule has 24 heavy (non-hydrogen) atoms. The molecule has 1 heterocycles. The molecule has 1 atom stereocenters. The molecule has 7 heteroatoms. The molecule has 0 aliphatic rings. The van der Waals surface area contributed by atoms with Gasteiger partial charge in [-0.1, -0.05) is 35.1 Å². The third-order valence-corrected chi connectivity index (χ3v) is 4.94. The van der Waals surface area contributed by atoms with Crippen LogP contribution in [0.2, 0.25) is 5.02 Å². The number of aliphatic hydroxyl groups is 1. The maximum absolute atomic E-state index is 11.9. The summed E-state index contributed by atoms with van der Waals surface area (Å²) >= 11 is 7.28. The molecule has 0 amide bonds. The van der Waals surface area contributed by atoms with E-state index in [1.54, 1.807) is 12.1 Å². The molecule has 0 aliphatic heterocycles. The maximum Gasteiger partial charge on any atom is 0.339 e. The highest BCUT2D eigenvalue weighted by atomic mass is 35.5. The largest absolute Gasteiger partial charge is 0.467 e. The molecular weight excluding hydrogens is 348 g/mol. The van der Waals surface area contributed by atoms with Crippen LogP contribution in [-0.2, 0) is 9.53 Å². The molecule has 3 aromatic rings. The number of aromatic nitrogens is 1. The van der Waals surface area contributed by atoms with Crippen molar-refractivity contribution in [1.29, 1.82) is 0 Å². The van der Waals surface area contributed by atoms with Gasteiger partial charge in [-0.3, -0.25) is 0 Å². The van der Waals surface area contributed by atoms with Crippen molar-refractivity contribution in [1.82, 2.24) is 4.98 Å². The zero-order valence-corrected chi connectivity index (χ0v) is 14.6. The van der Waals surface area contributed by atoms with Gasteiger partial charge in [-0.15, -0.1) is 0 Å². The summed E-state index contributed by atoms with van der Waals surface area (Å²) in [6.45, 7) is 1.82. The van der Waals surface area contributed by atoms with Gasteiger partial charge in [0, 0.05) is 16.1 Å². The Hall–Kier alpha value is -2.15. The number of anilines is 1. The summed E-state index contributed by atoms with van der Waals surface area (Å²) in [5, 5.41) is 11.5. The summed E-state index contributed by atoms with van der Waals surface area (Å²) in [5.74, 6) is -0.717. The van der Waals surface area contributed by atoms with E-state index in [-0.39, 0.29) is 0 Å². The van der Waals surface area contributed by atoms with Crippen molar-refractivity contribution < 1.29 is 14.6 Å². The van der Waals surface area contributed by atoms with Gasteiger partial charge in [-0.2, -0.15) is 0 Å². The Labute approximate surface area is 147 Å². The van der Waals surface area contributed by atoms with Gasteiger partial charge >= 0.3 is 5.97 Å². The second kappa shape index (κ2) is 6.39. The van der Waals surface area contributed by atoms with Crippen LogP contribution in [0.4, 0.5) is 5.13 Å². The first-order chi connectivity index (χ1) is 11.4. The van der Waals surface area contributed by atoms with Gasteiger partial charge < -0.3 is 15.6 Å². The van der Waals surface area contributed by atoms with E-state index in [0.29, 0.717) is 21.3 Å². The second-order valence-corrected chi connectivity index (χ2v) is 6.78. The average Bonchev–Trinajstić information content (AvgIpc) is 2.92. The number of hydrogen-bond donors (Lipinski definition) is 2. The van der Waals surface area contributed by atoms with Crippen LogP contribution >= 0.6 is 22.9 Å². The van der Waals surface area contributed by atoms with Crippen molar-refractivity contribution in [2.24, 2.45) is 0 Å². The Balaban J connectivity index is 2.37. The minimum atomic E-state index is -1.39. The van der Waals surface area contributed by atoms with Crippen LogP contribution in [0.25, 0.3) is 21.3 Å². The van der Waals surface area contributed by atoms with Crippen LogP contribution in [0.15, 0.2) is 30.3 Å². The fraction of sp³-hybridized carbons (Fsp3) is 0.176. The third-order valence-electron chi connectivity index (χ3n) is 3.78. The standard InChI is InChI=1S/C17H15ClN2O3S/c1-8-7-11-15(24-17(19)20-11)13(9-3-5-10(18)6-4-9)12(8)14(21)16(22)23-2/h3-7,14,21H,1-2H3,(H2,19,20)/t14-/m0/s1. The highest BCUT2D eigenvalue weighted by Crippen LogP contribution is 2.41. The molecule has 0 fully saturated rings. The van der Waals surface area contributed by atoms with Crippen LogP contribution in [-0.4, -0.2) is 23.2 Å². The molecule has 2 aromatic carbocycles. The molecule has 0 radical (unpaired) electrons. The zero-order chi connectivity index (χ0) is 17.4. The van der Waals surface area contributed by atoms with Gasteiger partial charge in [0.15, 0.2) is 11.2 Å². The summed E-state index contributed by atoms with van der Waals surface area (Å²) in [6, 6.07) is 8.98. The number of nitrogens with zero attached hydrogens (tertiary/aromatic N) is 1. The van der Waals surface area contributed by atoms with Crippen LogP contribution in [0.5, 0.6) is 0 Å². The van der Waals surface area contributed by atoms with E-state index in [1.807, 2.05) is 25.1 Å². The van der Waals surface area contributed by atoms with Gasteiger partial charge in [-0.25, -0.2) is 9.78 Å². The van der Waals surface area contributed by atoms with Crippen LogP contribution in [0.3, 0.4) is 0 Å². The first kappa shape index (κ1) is 16.7. The lowest BCUT2D eigenvalue weighted by Crippen LogP contribution is -2.15. The molecule has 3 rings (SSSR count). The van der Waals surface area contributed by atoms with E-state index in [0.717, 1.165) is 21.3 Å². The first-order valence-electron chi connectivity index (χ1n) is 7.13. The van der Waals surface area contributed by atoms with E-state index >= 15 is 0 Å². The Kier molecular flexibility index (Phi) is 4.45. The smallest absolute Gasteiger partial charge is 0.339 e. The molecular formula is C17H15ClN2O3S. The van der Waals surface area contributed by atoms with Crippen molar-refractivity contribution in [3.05, 3.63) is 46.5 Å². The van der Waals surface area contributed by atoms with Gasteiger partial charge in [0.2, 0.25) is 0 Å². The molecule has 0 saturated carbocycles. The number of carbonyl (C=O) groups excluding carboxylic acids is 1. The Morgan fingerprint density at radius 1 is 1.38 bits per heavy atom. The number of esters is 1. The minimum Gasteiger partial charge on any atom is -0.467 e. The monoisotopic (exact) mass is 362 g/mol. The molecule has 0 saturated heterocycles. The van der Waals surface area contributed by atoms with Gasteiger partial charge in [-0.05, 0) is 36.2 Å². The van der Waals surface area contributed by atoms with Crippen molar-refractivity contribution in [3.63, 3.8) is 0 Å². The van der Waals surface area contributed by atoms with Crippen LogP contribution < -0.4 is 5.73 Å². The lowest BCUT2D eigenvalue weighted by atomic mass is 9.92. The number of benzene rings is 2. The molecule has 1 aromatic heterocycles. The molecule has 0 spiro atoms. The average molecular weight is 363 g/mol. The number of methoxy groups -OCH3 is 1. The lowest BCUT2D eigenvalue weighted by Gasteiger charge is -2.18. The number of carbonyl (C=O) groups is 1. The van der Waals surface area contributed by atoms with Crippen molar-refractivity contribution in [2.45, 2.75) is 13.0 Å². The Morgan fingerprint density at radius 2 is 2.04 bits per heavy atom. The zero-order valence-electron chi connectivity index (χ0n) is 13.0. The van der Waals surface area contributed by atoms with Gasteiger partial charge in [0.25, 0.3) is 0 Å². The van der Waals surface area contributed by atoms with Crippen LogP contribution in [0, 0.1) is 6.92 Å². The van der Waals surface area contributed by atoms with Crippen LogP contribution in [0.1, 0.15) is 17.2 Å². The maximum atomic E-state index is 11.9. The molecule has 0 aliphatic carbocycles. The van der Waals surface area contributed by atoms with Crippen molar-refractivity contribution >= 4 is 44.3 Å². The number of fused-ring (bicyclic) bond motifs is 1. The number of halogens is 1. The van der Waals surface area contributed by atoms with E-state index in [2.05, 4.69) is 4.98 Å². The summed E-state index contributed by atoms with van der Waals surface area (Å²) in [6.07, 6.45) is -1.39. The number of aliphatic hydroxyl groups excluding tert-OH is 1. The number of rotatable bonds is 3. The number of thiazole rings is 1. The molecule has 5 nitrogen and oxygen atoms in total. The third kappa shape index (κ3) is 2.84. The van der Waals surface area contributed by atoms with E-state index in [1.165, 1.54) is 18.4 Å². The van der Waals surface area contributed by atoms with Crippen molar-refractivity contribution in [3.8, 4) is 11.1 Å². The Morgan fingerprint density at radius 3 is 2.67 bits per heavy atom. The molecule has 0 unspecified atom stereocenters.